The molecular formula is C16H21NO5S. The molecule has 0 saturated carbocycles. The molecule has 0 spiro atoms. The summed E-state index contributed by atoms with van der Waals surface area (Å²) in [5.41, 5.74) is 2.15. The number of aldehydes is 1. The molecule has 23 heavy (non-hydrogen) atoms. The molecule has 6 nitrogen and oxygen atoms in total. The van der Waals surface area contributed by atoms with Gasteiger partial charge < -0.3 is 10.0 Å². The number of carbonyl (C=O) groups excluding carboxylic acids is 1. The number of carbonyl (C=O) groups is 1. The average Bonchev–Trinajstić information content (AvgIpc) is 2.40. The van der Waals surface area contributed by atoms with E-state index in [0.29, 0.717) is 18.5 Å². The molecule has 2 rings (SSSR count). The van der Waals surface area contributed by atoms with Crippen LogP contribution in [0.3, 0.4) is 0 Å². The predicted molar refractivity (Wildman–Crippen MR) is 89.6 cm³/mol. The van der Waals surface area contributed by atoms with Crippen LogP contribution in [0.2, 0.25) is 0 Å². The molecule has 0 radical (unpaired) electrons. The molecule has 0 saturated heterocycles. The highest BCUT2D eigenvalue weighted by Gasteiger charge is 2.33. The van der Waals surface area contributed by atoms with E-state index >= 15 is 0 Å². The molecule has 1 heterocycles. The topological polar surface area (TPSA) is 94.9 Å². The maximum absolute atomic E-state index is 11.5. The van der Waals surface area contributed by atoms with Gasteiger partial charge in [-0.05, 0) is 44.9 Å². The first kappa shape index (κ1) is 17.5. The van der Waals surface area contributed by atoms with E-state index in [0.717, 1.165) is 11.1 Å². The van der Waals surface area contributed by atoms with E-state index < -0.39 is 15.7 Å². The molecule has 0 atom stereocenters. The van der Waals surface area contributed by atoms with Crippen LogP contribution in [0.5, 0.6) is 5.75 Å². The monoisotopic (exact) mass is 339 g/mol. The van der Waals surface area contributed by atoms with Gasteiger partial charge in [0, 0.05) is 12.1 Å². The van der Waals surface area contributed by atoms with E-state index in [2.05, 4.69) is 0 Å². The Morgan fingerprint density at radius 1 is 1.30 bits per heavy atom. The zero-order valence-corrected chi connectivity index (χ0v) is 14.2. The van der Waals surface area contributed by atoms with Gasteiger partial charge in [0.15, 0.2) is 6.29 Å². The zero-order chi connectivity index (χ0) is 17.4. The normalized spacial score (nSPS) is 16.7. The minimum Gasteiger partial charge on any atom is -0.507 e. The lowest BCUT2D eigenvalue weighted by molar-refractivity contribution is 0.112. The van der Waals surface area contributed by atoms with E-state index in [1.807, 2.05) is 31.7 Å². The molecule has 1 aromatic carbocycles. The van der Waals surface area contributed by atoms with Crippen LogP contribution in [0.1, 0.15) is 43.1 Å². The van der Waals surface area contributed by atoms with Crippen molar-refractivity contribution in [1.82, 2.24) is 0 Å². The Morgan fingerprint density at radius 3 is 2.52 bits per heavy atom. The number of nitrogens with zero attached hydrogens (tertiary/aromatic N) is 1. The Morgan fingerprint density at radius 2 is 1.96 bits per heavy atom. The van der Waals surface area contributed by atoms with Crippen LogP contribution in [0, 0.1) is 0 Å². The number of phenols is 1. The highest BCUT2D eigenvalue weighted by molar-refractivity contribution is 7.85. The minimum absolute atomic E-state index is 0.107. The van der Waals surface area contributed by atoms with Gasteiger partial charge in [-0.3, -0.25) is 9.35 Å². The van der Waals surface area contributed by atoms with E-state index in [9.17, 15) is 18.3 Å². The number of benzene rings is 1. The first-order chi connectivity index (χ1) is 10.6. The Balaban J connectivity index is 2.50. The first-order valence-electron chi connectivity index (χ1n) is 7.30. The number of fused-ring (bicyclic) bond motifs is 1. The summed E-state index contributed by atoms with van der Waals surface area (Å²) >= 11 is 0. The summed E-state index contributed by atoms with van der Waals surface area (Å²) in [6.07, 6.45) is 2.86. The summed E-state index contributed by atoms with van der Waals surface area (Å²) in [7, 11) is -4.04. The van der Waals surface area contributed by atoms with Gasteiger partial charge in [-0.25, -0.2) is 0 Å². The number of allylic oxidation sites excluding steroid dienone is 1. The molecule has 1 aliphatic rings. The summed E-state index contributed by atoms with van der Waals surface area (Å²) in [5.74, 6) is -0.462. The van der Waals surface area contributed by atoms with Crippen molar-refractivity contribution in [1.29, 1.82) is 0 Å². The molecule has 0 aromatic heterocycles. The van der Waals surface area contributed by atoms with Crippen LogP contribution in [0.4, 0.5) is 5.69 Å². The SMILES string of the molecule is CC1=CC(C)(C)N(CCCS(=O)(=O)O)c2c1ccc(O)c2C=O. The Bertz CT molecular complexity index is 765. The highest BCUT2D eigenvalue weighted by Crippen LogP contribution is 2.43. The van der Waals surface area contributed by atoms with Crippen molar-refractivity contribution in [3.8, 4) is 5.75 Å². The van der Waals surface area contributed by atoms with Gasteiger partial charge in [-0.1, -0.05) is 6.08 Å². The molecule has 1 aromatic rings. The fraction of sp³-hybridized carbons (Fsp3) is 0.438. The lowest BCUT2D eigenvalue weighted by atomic mass is 9.87. The second-order valence-electron chi connectivity index (χ2n) is 6.28. The van der Waals surface area contributed by atoms with Crippen LogP contribution < -0.4 is 4.90 Å². The van der Waals surface area contributed by atoms with Crippen LogP contribution in [0.25, 0.3) is 5.57 Å². The Labute approximate surface area is 136 Å². The summed E-state index contributed by atoms with van der Waals surface area (Å²) in [5, 5.41) is 9.98. The van der Waals surface area contributed by atoms with E-state index in [1.165, 1.54) is 6.07 Å². The summed E-state index contributed by atoms with van der Waals surface area (Å²) < 4.78 is 30.8. The third kappa shape index (κ3) is 3.56. The van der Waals surface area contributed by atoms with Gasteiger partial charge in [0.1, 0.15) is 5.75 Å². The number of aromatic hydroxyl groups is 1. The number of phenolic OH excluding ortho intramolecular Hbond substituents is 1. The van der Waals surface area contributed by atoms with Crippen LogP contribution in [-0.2, 0) is 10.1 Å². The van der Waals surface area contributed by atoms with Gasteiger partial charge in [-0.15, -0.1) is 0 Å². The Hall–Kier alpha value is -1.86. The van der Waals surface area contributed by atoms with E-state index in [-0.39, 0.29) is 23.5 Å². The summed E-state index contributed by atoms with van der Waals surface area (Å²) in [4.78, 5) is 13.3. The molecule has 0 bridgehead atoms. The predicted octanol–water partition coefficient (Wildman–Crippen LogP) is 2.48. The molecule has 126 valence electrons. The molecule has 1 aliphatic heterocycles. The third-order valence-corrected chi connectivity index (χ3v) is 4.86. The molecule has 0 amide bonds. The van der Waals surface area contributed by atoms with E-state index in [4.69, 9.17) is 4.55 Å². The molecule has 0 unspecified atom stereocenters. The average molecular weight is 339 g/mol. The van der Waals surface area contributed by atoms with Gasteiger partial charge in [-0.2, -0.15) is 8.42 Å². The van der Waals surface area contributed by atoms with E-state index in [1.54, 1.807) is 6.07 Å². The highest BCUT2D eigenvalue weighted by atomic mass is 32.2. The van der Waals surface area contributed by atoms with Crippen LogP contribution in [-0.4, -0.2) is 42.2 Å². The number of rotatable bonds is 5. The quantitative estimate of drug-likeness (QED) is 0.632. The van der Waals surface area contributed by atoms with Crippen molar-refractivity contribution in [3.63, 3.8) is 0 Å². The molecule has 0 aliphatic carbocycles. The maximum atomic E-state index is 11.5. The zero-order valence-electron chi connectivity index (χ0n) is 13.4. The number of hydrogen-bond donors (Lipinski definition) is 2. The smallest absolute Gasteiger partial charge is 0.264 e. The summed E-state index contributed by atoms with van der Waals surface area (Å²) in [6.45, 7) is 6.16. The second-order valence-corrected chi connectivity index (χ2v) is 7.86. The van der Waals surface area contributed by atoms with Crippen molar-refractivity contribution < 1.29 is 22.9 Å². The molecule has 2 N–H and O–H groups in total. The largest absolute Gasteiger partial charge is 0.507 e. The second kappa shape index (κ2) is 5.98. The van der Waals surface area contributed by atoms with Gasteiger partial charge >= 0.3 is 0 Å². The standard InChI is InChI=1S/C16H21NO5S/c1-11-9-16(2,3)17(7-4-8-23(20,21)22)15-12(11)5-6-14(19)13(15)10-18/h5-6,9-10,19H,4,7-8H2,1-3H3,(H,20,21,22). The lowest BCUT2D eigenvalue weighted by Gasteiger charge is -2.44. The number of anilines is 1. The summed E-state index contributed by atoms with van der Waals surface area (Å²) in [6, 6.07) is 3.23. The lowest BCUT2D eigenvalue weighted by Crippen LogP contribution is -2.46. The van der Waals surface area contributed by atoms with Crippen LogP contribution >= 0.6 is 0 Å². The maximum Gasteiger partial charge on any atom is 0.264 e. The third-order valence-electron chi connectivity index (χ3n) is 4.06. The van der Waals surface area contributed by atoms with Gasteiger partial charge in [0.25, 0.3) is 10.1 Å². The van der Waals surface area contributed by atoms with Crippen molar-refractivity contribution in [2.75, 3.05) is 17.2 Å². The molecular weight excluding hydrogens is 318 g/mol. The van der Waals surface area contributed by atoms with Crippen molar-refractivity contribution >= 4 is 27.7 Å². The number of hydrogen-bond acceptors (Lipinski definition) is 5. The minimum atomic E-state index is -4.04. The fourth-order valence-electron chi connectivity index (χ4n) is 3.10. The first-order valence-corrected chi connectivity index (χ1v) is 8.91. The molecule has 0 fully saturated rings. The van der Waals surface area contributed by atoms with Crippen molar-refractivity contribution in [2.24, 2.45) is 0 Å². The molecule has 7 heteroatoms. The Kier molecular flexibility index (Phi) is 4.54. The fourth-order valence-corrected chi connectivity index (χ4v) is 3.60. The van der Waals surface area contributed by atoms with Crippen LogP contribution in [0.15, 0.2) is 18.2 Å². The van der Waals surface area contributed by atoms with Gasteiger partial charge in [0.05, 0.1) is 22.5 Å². The van der Waals surface area contributed by atoms with Gasteiger partial charge in [0.2, 0.25) is 0 Å². The van der Waals surface area contributed by atoms with Crippen molar-refractivity contribution in [2.45, 2.75) is 32.7 Å². The van der Waals surface area contributed by atoms with Crippen molar-refractivity contribution in [3.05, 3.63) is 29.3 Å².